The standard InChI is InChI=1S/C22H18O6/c1-11-7-16(14-4-6-20(24)18(10-14)22(27)28)12(2)8-15(11)13-3-5-19(23)17(9-13)21(25)26/h3-10,23-24H,1-2H3,(H,25,26)(H,27,28). The Morgan fingerprint density at radius 3 is 1.32 bits per heavy atom. The van der Waals surface area contributed by atoms with Gasteiger partial charge in [-0.05, 0) is 71.5 Å². The van der Waals surface area contributed by atoms with Crippen molar-refractivity contribution in [1.29, 1.82) is 0 Å². The van der Waals surface area contributed by atoms with Gasteiger partial charge in [-0.25, -0.2) is 9.59 Å². The zero-order chi connectivity index (χ0) is 20.6. The number of carboxylic acids is 2. The zero-order valence-corrected chi connectivity index (χ0v) is 15.2. The number of aromatic hydroxyl groups is 2. The van der Waals surface area contributed by atoms with Crippen molar-refractivity contribution in [1.82, 2.24) is 0 Å². The third-order valence-corrected chi connectivity index (χ3v) is 4.65. The van der Waals surface area contributed by atoms with E-state index >= 15 is 0 Å². The summed E-state index contributed by atoms with van der Waals surface area (Å²) in [6, 6.07) is 12.6. The van der Waals surface area contributed by atoms with Crippen molar-refractivity contribution in [2.75, 3.05) is 0 Å². The second kappa shape index (κ2) is 7.08. The van der Waals surface area contributed by atoms with Crippen LogP contribution in [0.3, 0.4) is 0 Å². The van der Waals surface area contributed by atoms with E-state index in [4.69, 9.17) is 0 Å². The molecule has 3 rings (SSSR count). The number of benzene rings is 3. The van der Waals surface area contributed by atoms with E-state index in [1.54, 1.807) is 12.1 Å². The van der Waals surface area contributed by atoms with E-state index in [2.05, 4.69) is 0 Å². The van der Waals surface area contributed by atoms with Crippen molar-refractivity contribution >= 4 is 11.9 Å². The lowest BCUT2D eigenvalue weighted by atomic mass is 9.90. The van der Waals surface area contributed by atoms with Gasteiger partial charge in [0.2, 0.25) is 0 Å². The van der Waals surface area contributed by atoms with Crippen LogP contribution in [0.15, 0.2) is 48.5 Å². The molecule has 0 aromatic heterocycles. The SMILES string of the molecule is Cc1cc(-c2ccc(O)c(C(=O)O)c2)c(C)cc1-c1ccc(O)c(C(=O)O)c1. The van der Waals surface area contributed by atoms with E-state index in [0.717, 1.165) is 22.3 Å². The molecule has 0 aliphatic rings. The molecular weight excluding hydrogens is 360 g/mol. The van der Waals surface area contributed by atoms with Crippen LogP contribution in [-0.4, -0.2) is 32.4 Å². The van der Waals surface area contributed by atoms with E-state index < -0.39 is 11.9 Å². The number of carboxylic acid groups (broad SMARTS) is 2. The Bertz CT molecular complexity index is 1030. The first-order valence-electron chi connectivity index (χ1n) is 8.43. The molecule has 0 saturated carbocycles. The van der Waals surface area contributed by atoms with Crippen molar-refractivity contribution in [3.63, 3.8) is 0 Å². The first kappa shape index (κ1) is 19.0. The van der Waals surface area contributed by atoms with Crippen molar-refractivity contribution in [2.45, 2.75) is 13.8 Å². The summed E-state index contributed by atoms with van der Waals surface area (Å²) in [5.74, 6) is -3.02. The minimum atomic E-state index is -1.21. The summed E-state index contributed by atoms with van der Waals surface area (Å²) >= 11 is 0. The number of carbonyl (C=O) groups is 2. The molecule has 28 heavy (non-hydrogen) atoms. The Hall–Kier alpha value is -3.80. The summed E-state index contributed by atoms with van der Waals surface area (Å²) in [5.41, 5.74) is 4.27. The van der Waals surface area contributed by atoms with Crippen LogP contribution >= 0.6 is 0 Å². The number of hydrogen-bond donors (Lipinski definition) is 4. The molecule has 0 heterocycles. The molecule has 0 aliphatic carbocycles. The van der Waals surface area contributed by atoms with Crippen molar-refractivity contribution in [3.8, 4) is 33.8 Å². The molecule has 0 aliphatic heterocycles. The molecule has 0 atom stereocenters. The Morgan fingerprint density at radius 1 is 0.643 bits per heavy atom. The van der Waals surface area contributed by atoms with Gasteiger partial charge in [0, 0.05) is 0 Å². The molecule has 3 aromatic carbocycles. The maximum absolute atomic E-state index is 11.3. The quantitative estimate of drug-likeness (QED) is 0.533. The maximum atomic E-state index is 11.3. The molecular formula is C22H18O6. The molecule has 6 heteroatoms. The fourth-order valence-electron chi connectivity index (χ4n) is 3.19. The average Bonchev–Trinajstić information content (AvgIpc) is 2.64. The highest BCUT2D eigenvalue weighted by Gasteiger charge is 2.15. The lowest BCUT2D eigenvalue weighted by Crippen LogP contribution is -1.99. The van der Waals surface area contributed by atoms with Crippen molar-refractivity contribution in [2.24, 2.45) is 0 Å². The van der Waals surface area contributed by atoms with Crippen molar-refractivity contribution in [3.05, 3.63) is 70.8 Å². The lowest BCUT2D eigenvalue weighted by molar-refractivity contribution is 0.0682. The van der Waals surface area contributed by atoms with Gasteiger partial charge in [-0.3, -0.25) is 0 Å². The van der Waals surface area contributed by atoms with E-state index in [1.807, 2.05) is 26.0 Å². The Kier molecular flexibility index (Phi) is 4.79. The molecule has 0 bridgehead atoms. The third-order valence-electron chi connectivity index (χ3n) is 4.65. The molecule has 0 fully saturated rings. The summed E-state index contributed by atoms with van der Waals surface area (Å²) in [5, 5.41) is 37.9. The van der Waals surface area contributed by atoms with Gasteiger partial charge < -0.3 is 20.4 Å². The Morgan fingerprint density at radius 2 is 1.00 bits per heavy atom. The average molecular weight is 378 g/mol. The minimum Gasteiger partial charge on any atom is -0.507 e. The van der Waals surface area contributed by atoms with Crippen LogP contribution in [0.2, 0.25) is 0 Å². The fraction of sp³-hybridized carbons (Fsp3) is 0.0909. The van der Waals surface area contributed by atoms with Gasteiger partial charge in [0.1, 0.15) is 22.6 Å². The molecule has 0 spiro atoms. The largest absolute Gasteiger partial charge is 0.507 e. The maximum Gasteiger partial charge on any atom is 0.339 e. The van der Waals surface area contributed by atoms with Crippen LogP contribution in [0.1, 0.15) is 31.8 Å². The smallest absolute Gasteiger partial charge is 0.339 e. The van der Waals surface area contributed by atoms with Gasteiger partial charge in [0.05, 0.1) is 0 Å². The van der Waals surface area contributed by atoms with Crippen LogP contribution in [0.25, 0.3) is 22.3 Å². The second-order valence-electron chi connectivity index (χ2n) is 6.56. The normalized spacial score (nSPS) is 10.6. The van der Waals surface area contributed by atoms with Crippen LogP contribution in [-0.2, 0) is 0 Å². The number of phenols is 2. The van der Waals surface area contributed by atoms with E-state index in [9.17, 15) is 30.0 Å². The van der Waals surface area contributed by atoms with E-state index in [-0.39, 0.29) is 22.6 Å². The molecule has 142 valence electrons. The second-order valence-corrected chi connectivity index (χ2v) is 6.56. The Balaban J connectivity index is 2.13. The highest BCUT2D eigenvalue weighted by atomic mass is 16.4. The van der Waals surface area contributed by atoms with Gasteiger partial charge in [-0.1, -0.05) is 24.3 Å². The van der Waals surface area contributed by atoms with Gasteiger partial charge in [-0.15, -0.1) is 0 Å². The van der Waals surface area contributed by atoms with E-state index in [1.165, 1.54) is 24.3 Å². The zero-order valence-electron chi connectivity index (χ0n) is 15.2. The minimum absolute atomic E-state index is 0.178. The van der Waals surface area contributed by atoms with E-state index in [0.29, 0.717) is 11.1 Å². The predicted molar refractivity (Wildman–Crippen MR) is 104 cm³/mol. The summed E-state index contributed by atoms with van der Waals surface area (Å²) in [4.78, 5) is 22.6. The molecule has 3 aromatic rings. The summed E-state index contributed by atoms with van der Waals surface area (Å²) in [7, 11) is 0. The number of aromatic carboxylic acids is 2. The molecule has 6 nitrogen and oxygen atoms in total. The molecule has 0 radical (unpaired) electrons. The molecule has 0 amide bonds. The number of rotatable bonds is 4. The topological polar surface area (TPSA) is 115 Å². The highest BCUT2D eigenvalue weighted by molar-refractivity contribution is 5.94. The van der Waals surface area contributed by atoms with Gasteiger partial charge in [-0.2, -0.15) is 0 Å². The fourth-order valence-corrected chi connectivity index (χ4v) is 3.19. The summed E-state index contributed by atoms with van der Waals surface area (Å²) < 4.78 is 0. The molecule has 0 saturated heterocycles. The number of aryl methyl sites for hydroxylation is 2. The molecule has 0 unspecified atom stereocenters. The van der Waals surface area contributed by atoms with Crippen LogP contribution in [0.5, 0.6) is 11.5 Å². The third kappa shape index (κ3) is 3.40. The summed E-state index contributed by atoms with van der Waals surface area (Å²) in [6.07, 6.45) is 0. The first-order valence-corrected chi connectivity index (χ1v) is 8.43. The van der Waals surface area contributed by atoms with Gasteiger partial charge >= 0.3 is 11.9 Å². The van der Waals surface area contributed by atoms with Gasteiger partial charge in [0.15, 0.2) is 0 Å². The van der Waals surface area contributed by atoms with Crippen LogP contribution < -0.4 is 0 Å². The van der Waals surface area contributed by atoms with Gasteiger partial charge in [0.25, 0.3) is 0 Å². The molecule has 4 N–H and O–H groups in total. The van der Waals surface area contributed by atoms with Crippen molar-refractivity contribution < 1.29 is 30.0 Å². The predicted octanol–water partition coefficient (Wildman–Crippen LogP) is 4.45. The number of hydrogen-bond acceptors (Lipinski definition) is 4. The highest BCUT2D eigenvalue weighted by Crippen LogP contribution is 2.35. The summed E-state index contributed by atoms with van der Waals surface area (Å²) in [6.45, 7) is 3.73. The van der Waals surface area contributed by atoms with Crippen LogP contribution in [0, 0.1) is 13.8 Å². The van der Waals surface area contributed by atoms with Crippen LogP contribution in [0.4, 0.5) is 0 Å². The Labute approximate surface area is 161 Å². The first-order chi connectivity index (χ1) is 13.2. The monoisotopic (exact) mass is 378 g/mol. The lowest BCUT2D eigenvalue weighted by Gasteiger charge is -2.14.